The first-order valence-electron chi connectivity index (χ1n) is 13.2. The van der Waals surface area contributed by atoms with Crippen LogP contribution in [0.2, 0.25) is 0 Å². The Bertz CT molecular complexity index is 1270. The van der Waals surface area contributed by atoms with E-state index < -0.39 is 66.5 Å². The van der Waals surface area contributed by atoms with Crippen molar-refractivity contribution >= 4 is 29.8 Å². The van der Waals surface area contributed by atoms with Crippen LogP contribution >= 0.6 is 0 Å². The molecule has 2 aromatic rings. The van der Waals surface area contributed by atoms with Crippen LogP contribution in [0.15, 0.2) is 42.6 Å². The Morgan fingerprint density at radius 2 is 1.83 bits per heavy atom. The maximum Gasteiger partial charge on any atom is 0.332 e. The number of benzene rings is 1. The summed E-state index contributed by atoms with van der Waals surface area (Å²) < 4.78 is 27.1. The van der Waals surface area contributed by atoms with Gasteiger partial charge in [0.05, 0.1) is 13.0 Å². The lowest BCUT2D eigenvalue weighted by molar-refractivity contribution is -0.177. The van der Waals surface area contributed by atoms with Crippen molar-refractivity contribution in [2.45, 2.75) is 58.8 Å². The van der Waals surface area contributed by atoms with Crippen molar-refractivity contribution in [1.29, 1.82) is 0 Å². The Morgan fingerprint density at radius 1 is 1.12 bits per heavy atom. The number of hydrogen-bond acceptors (Lipinski definition) is 11. The van der Waals surface area contributed by atoms with E-state index >= 15 is 0 Å². The molecule has 0 spiro atoms. The highest BCUT2D eigenvalue weighted by Gasteiger charge is 2.42. The van der Waals surface area contributed by atoms with Gasteiger partial charge in [-0.1, -0.05) is 44.2 Å². The molecule has 1 amide bonds. The number of nitrogens with zero attached hydrogens (tertiary/aromatic N) is 1. The lowest BCUT2D eigenvalue weighted by Crippen LogP contribution is -2.47. The van der Waals surface area contributed by atoms with E-state index in [1.54, 1.807) is 6.92 Å². The summed E-state index contributed by atoms with van der Waals surface area (Å²) in [4.78, 5) is 68.1. The summed E-state index contributed by atoms with van der Waals surface area (Å²) in [6, 6.07) is 9.01. The molecule has 1 N–H and O–H groups in total. The van der Waals surface area contributed by atoms with Crippen molar-refractivity contribution in [1.82, 2.24) is 10.3 Å². The highest BCUT2D eigenvalue weighted by molar-refractivity contribution is 5.99. The number of nitrogens with one attached hydrogen (secondary N) is 1. The predicted octanol–water partition coefficient (Wildman–Crippen LogP) is 2.42. The summed E-state index contributed by atoms with van der Waals surface area (Å²) in [5, 5.41) is 2.43. The number of cyclic esters (lactones) is 2. The van der Waals surface area contributed by atoms with Gasteiger partial charge in [0, 0.05) is 19.2 Å². The van der Waals surface area contributed by atoms with E-state index in [4.69, 9.17) is 23.7 Å². The number of rotatable bonds is 9. The van der Waals surface area contributed by atoms with E-state index in [0.717, 1.165) is 12.5 Å². The van der Waals surface area contributed by atoms with E-state index in [1.165, 1.54) is 26.3 Å². The maximum atomic E-state index is 13.4. The molecule has 5 atom stereocenters. The zero-order chi connectivity index (χ0) is 30.1. The Balaban J connectivity index is 1.90. The number of carbonyl (C=O) groups is 5. The normalized spacial score (nSPS) is 21.6. The van der Waals surface area contributed by atoms with Crippen molar-refractivity contribution < 1.29 is 47.7 Å². The van der Waals surface area contributed by atoms with Crippen LogP contribution in [-0.4, -0.2) is 66.7 Å². The third kappa shape index (κ3) is 8.03. The zero-order valence-electron chi connectivity index (χ0n) is 23.6. The van der Waals surface area contributed by atoms with Gasteiger partial charge in [-0.3, -0.25) is 19.2 Å². The van der Waals surface area contributed by atoms with Crippen LogP contribution in [0.3, 0.4) is 0 Å². The van der Waals surface area contributed by atoms with Gasteiger partial charge < -0.3 is 29.0 Å². The van der Waals surface area contributed by atoms with E-state index in [2.05, 4.69) is 10.3 Å². The standard InChI is InChI=1S/C29H34N2O10/c1-6-16(2)27(34)41-24-17(3)39-29(36)21(15-38-28(35)20(24)14-19-10-8-7-9-11-19)31-26(33)23-25(40-18(4)32)22(37-5)12-13-30-23/h7-13,16-17,20-21,24H,6,14-15H2,1-5H3,(H,31,33)/t16?,17?,20-,21+,24?/m1/s1. The maximum absolute atomic E-state index is 13.4. The fourth-order valence-corrected chi connectivity index (χ4v) is 4.12. The molecular weight excluding hydrogens is 536 g/mol. The van der Waals surface area contributed by atoms with Gasteiger partial charge in [-0.05, 0) is 25.3 Å². The van der Waals surface area contributed by atoms with Gasteiger partial charge in [0.25, 0.3) is 5.91 Å². The molecule has 1 aromatic heterocycles. The van der Waals surface area contributed by atoms with Gasteiger partial charge in [-0.25, -0.2) is 9.78 Å². The first-order valence-corrected chi connectivity index (χ1v) is 13.2. The minimum absolute atomic E-state index is 0.0622. The average molecular weight is 571 g/mol. The molecule has 0 bridgehead atoms. The largest absolute Gasteiger partial charge is 0.493 e. The Labute approximate surface area is 237 Å². The Morgan fingerprint density at radius 3 is 2.46 bits per heavy atom. The van der Waals surface area contributed by atoms with Gasteiger partial charge in [-0.15, -0.1) is 0 Å². The summed E-state index contributed by atoms with van der Waals surface area (Å²) in [6.45, 7) is 5.60. The SMILES string of the molecule is CCC(C)C(=O)OC1C(C)OC(=O)[C@@H](NC(=O)c2nccc(OC)c2OC(C)=O)COC(=O)[C@@H]1Cc1ccccc1. The minimum Gasteiger partial charge on any atom is -0.493 e. The van der Waals surface area contributed by atoms with Crippen LogP contribution < -0.4 is 14.8 Å². The Kier molecular flexibility index (Phi) is 10.8. The number of hydrogen-bond donors (Lipinski definition) is 1. The zero-order valence-corrected chi connectivity index (χ0v) is 23.6. The molecule has 0 saturated carbocycles. The molecule has 0 radical (unpaired) electrons. The van der Waals surface area contributed by atoms with Gasteiger partial charge in [0.2, 0.25) is 5.75 Å². The molecule has 220 valence electrons. The highest BCUT2D eigenvalue weighted by atomic mass is 16.6. The van der Waals surface area contributed by atoms with Gasteiger partial charge in [0.1, 0.15) is 18.6 Å². The lowest BCUT2D eigenvalue weighted by atomic mass is 9.91. The van der Waals surface area contributed by atoms with Crippen molar-refractivity contribution in [3.8, 4) is 11.5 Å². The van der Waals surface area contributed by atoms with Gasteiger partial charge in [0.15, 0.2) is 23.6 Å². The van der Waals surface area contributed by atoms with Crippen LogP contribution in [0.25, 0.3) is 0 Å². The van der Waals surface area contributed by atoms with E-state index in [0.29, 0.717) is 6.42 Å². The van der Waals surface area contributed by atoms with Crippen molar-refractivity contribution in [3.63, 3.8) is 0 Å². The predicted molar refractivity (Wildman–Crippen MR) is 143 cm³/mol. The summed E-state index contributed by atoms with van der Waals surface area (Å²) in [5.41, 5.74) is 0.442. The fraction of sp³-hybridized carbons (Fsp3) is 0.448. The number of amides is 1. The summed E-state index contributed by atoms with van der Waals surface area (Å²) >= 11 is 0. The number of methoxy groups -OCH3 is 1. The van der Waals surface area contributed by atoms with Crippen LogP contribution in [0.4, 0.5) is 0 Å². The minimum atomic E-state index is -1.45. The molecule has 3 unspecified atom stereocenters. The smallest absolute Gasteiger partial charge is 0.332 e. The molecule has 3 rings (SSSR count). The Hall–Kier alpha value is -4.48. The summed E-state index contributed by atoms with van der Waals surface area (Å²) in [6.07, 6.45) is -0.306. The number of ether oxygens (including phenoxy) is 5. The number of esters is 4. The molecule has 1 aliphatic rings. The lowest BCUT2D eigenvalue weighted by Gasteiger charge is -2.30. The number of carbonyl (C=O) groups excluding carboxylic acids is 5. The first-order chi connectivity index (χ1) is 19.5. The molecule has 0 aliphatic carbocycles. The molecule has 1 fully saturated rings. The van der Waals surface area contributed by atoms with E-state index in [1.807, 2.05) is 37.3 Å². The molecule has 41 heavy (non-hydrogen) atoms. The highest BCUT2D eigenvalue weighted by Crippen LogP contribution is 2.30. The second kappa shape index (κ2) is 14.2. The van der Waals surface area contributed by atoms with E-state index in [-0.39, 0.29) is 23.6 Å². The second-order valence-electron chi connectivity index (χ2n) is 9.59. The fourth-order valence-electron chi connectivity index (χ4n) is 4.12. The summed E-state index contributed by atoms with van der Waals surface area (Å²) in [7, 11) is 1.32. The first kappa shape index (κ1) is 31.1. The molecule has 1 aliphatic heterocycles. The van der Waals surface area contributed by atoms with E-state index in [9.17, 15) is 24.0 Å². The number of pyridine rings is 1. The van der Waals surface area contributed by atoms with Crippen molar-refractivity contribution in [2.75, 3.05) is 13.7 Å². The van der Waals surface area contributed by atoms with Crippen molar-refractivity contribution in [3.05, 3.63) is 53.9 Å². The van der Waals surface area contributed by atoms with Crippen molar-refractivity contribution in [2.24, 2.45) is 11.8 Å². The molecule has 2 heterocycles. The molecule has 1 aromatic carbocycles. The third-order valence-corrected chi connectivity index (χ3v) is 6.56. The van der Waals surface area contributed by atoms with Gasteiger partial charge in [-0.2, -0.15) is 0 Å². The quantitative estimate of drug-likeness (QED) is 0.349. The van der Waals surface area contributed by atoms with Gasteiger partial charge >= 0.3 is 23.9 Å². The van der Waals surface area contributed by atoms with Crippen LogP contribution in [0.1, 0.15) is 50.2 Å². The molecule has 12 nitrogen and oxygen atoms in total. The molecule has 1 saturated heterocycles. The average Bonchev–Trinajstić information content (AvgIpc) is 2.99. The topological polar surface area (TPSA) is 156 Å². The van der Waals surface area contributed by atoms with Crippen LogP contribution in [0.5, 0.6) is 11.5 Å². The molecular formula is C29H34N2O10. The second-order valence-corrected chi connectivity index (χ2v) is 9.59. The van der Waals surface area contributed by atoms with Crippen LogP contribution in [-0.2, 0) is 39.8 Å². The third-order valence-electron chi connectivity index (χ3n) is 6.56. The number of aromatic nitrogens is 1. The monoisotopic (exact) mass is 570 g/mol. The molecule has 12 heteroatoms. The van der Waals surface area contributed by atoms with Crippen LogP contribution in [0, 0.1) is 11.8 Å². The summed E-state index contributed by atoms with van der Waals surface area (Å²) in [5.74, 6) is -5.48.